The van der Waals surface area contributed by atoms with Crippen molar-refractivity contribution in [1.29, 1.82) is 0 Å². The molecule has 0 amide bonds. The average Bonchev–Trinajstić information content (AvgIpc) is 2.96. The van der Waals surface area contributed by atoms with Crippen LogP contribution in [-0.2, 0) is 0 Å². The summed E-state index contributed by atoms with van der Waals surface area (Å²) in [6, 6.07) is 48.5. The highest BCUT2D eigenvalue weighted by atomic mass is 14.9. The highest BCUT2D eigenvalue weighted by Crippen LogP contribution is 2.33. The van der Waals surface area contributed by atoms with Crippen molar-refractivity contribution in [3.63, 3.8) is 0 Å². The van der Waals surface area contributed by atoms with Crippen LogP contribution < -0.4 is 11.1 Å². The maximum atomic E-state index is 6.70. The Morgan fingerprint density at radius 3 is 1.81 bits per heavy atom. The van der Waals surface area contributed by atoms with Crippen molar-refractivity contribution in [3.05, 3.63) is 151 Å². The van der Waals surface area contributed by atoms with E-state index in [1.807, 2.05) is 48.5 Å². The highest BCUT2D eigenvalue weighted by molar-refractivity contribution is 6.10. The van der Waals surface area contributed by atoms with E-state index >= 15 is 0 Å². The summed E-state index contributed by atoms with van der Waals surface area (Å²) in [7, 11) is 0. The van der Waals surface area contributed by atoms with Gasteiger partial charge in [0.15, 0.2) is 0 Å². The molecule has 2 nitrogen and oxygen atoms in total. The smallest absolute Gasteiger partial charge is 0.0697 e. The van der Waals surface area contributed by atoms with Gasteiger partial charge in [-0.2, -0.15) is 0 Å². The standard InChI is InChI=1S/C34H26N2/c35-33(26-12-6-2-7-13-26)34(27-14-8-3-9-15-27)36-30-20-21-31-29(22-30)19-17-25-16-18-28(23-32(25)31)24-10-4-1-5-11-24/h1-23,36H,35H2/b34-33-. The number of hydrogen-bond acceptors (Lipinski definition) is 2. The second-order valence-electron chi connectivity index (χ2n) is 8.95. The van der Waals surface area contributed by atoms with Crippen LogP contribution in [-0.4, -0.2) is 0 Å². The first-order valence-electron chi connectivity index (χ1n) is 12.2. The van der Waals surface area contributed by atoms with E-state index in [1.165, 1.54) is 32.7 Å². The van der Waals surface area contributed by atoms with Gasteiger partial charge in [0.05, 0.1) is 11.4 Å². The minimum Gasteiger partial charge on any atom is -0.397 e. The summed E-state index contributed by atoms with van der Waals surface area (Å²) in [5, 5.41) is 8.53. The predicted molar refractivity (Wildman–Crippen MR) is 154 cm³/mol. The molecule has 0 aliphatic heterocycles. The fourth-order valence-corrected chi connectivity index (χ4v) is 4.75. The summed E-state index contributed by atoms with van der Waals surface area (Å²) in [4.78, 5) is 0. The van der Waals surface area contributed by atoms with E-state index in [0.29, 0.717) is 5.70 Å². The van der Waals surface area contributed by atoms with Crippen molar-refractivity contribution in [2.75, 3.05) is 5.32 Å². The summed E-state index contributed by atoms with van der Waals surface area (Å²) >= 11 is 0. The molecular formula is C34H26N2. The third-order valence-electron chi connectivity index (χ3n) is 6.63. The lowest BCUT2D eigenvalue weighted by molar-refractivity contribution is 1.47. The van der Waals surface area contributed by atoms with Gasteiger partial charge in [-0.05, 0) is 56.4 Å². The first kappa shape index (κ1) is 21.7. The summed E-state index contributed by atoms with van der Waals surface area (Å²) < 4.78 is 0. The van der Waals surface area contributed by atoms with Gasteiger partial charge in [-0.1, -0.05) is 121 Å². The van der Waals surface area contributed by atoms with E-state index in [0.717, 1.165) is 22.5 Å². The lowest BCUT2D eigenvalue weighted by Crippen LogP contribution is -2.08. The quantitative estimate of drug-likeness (QED) is 0.199. The first-order valence-corrected chi connectivity index (χ1v) is 12.2. The number of benzene rings is 6. The molecule has 0 aliphatic carbocycles. The SMILES string of the molecule is N/C(=C(\Nc1ccc2c(ccc3ccc(-c4ccccc4)cc32)c1)c1ccccc1)c1ccccc1. The molecule has 172 valence electrons. The number of nitrogens with two attached hydrogens (primary N) is 1. The van der Waals surface area contributed by atoms with Crippen LogP contribution in [0.4, 0.5) is 5.69 Å². The summed E-state index contributed by atoms with van der Waals surface area (Å²) in [6.45, 7) is 0. The summed E-state index contributed by atoms with van der Waals surface area (Å²) in [5.74, 6) is 0. The van der Waals surface area contributed by atoms with E-state index in [4.69, 9.17) is 5.73 Å². The molecule has 0 spiro atoms. The lowest BCUT2D eigenvalue weighted by Gasteiger charge is -2.16. The highest BCUT2D eigenvalue weighted by Gasteiger charge is 2.11. The van der Waals surface area contributed by atoms with Crippen molar-refractivity contribution >= 4 is 38.6 Å². The fraction of sp³-hybridized carbons (Fsp3) is 0. The molecule has 2 heteroatoms. The normalized spacial score (nSPS) is 11.9. The first-order chi connectivity index (χ1) is 17.8. The number of fused-ring (bicyclic) bond motifs is 3. The van der Waals surface area contributed by atoms with Gasteiger partial charge >= 0.3 is 0 Å². The molecule has 6 aromatic rings. The minimum absolute atomic E-state index is 0.716. The number of hydrogen-bond donors (Lipinski definition) is 2. The molecule has 3 N–H and O–H groups in total. The zero-order valence-electron chi connectivity index (χ0n) is 19.9. The molecule has 0 aromatic heterocycles. The summed E-state index contributed by atoms with van der Waals surface area (Å²) in [6.07, 6.45) is 0. The van der Waals surface area contributed by atoms with E-state index in [2.05, 4.69) is 96.3 Å². The van der Waals surface area contributed by atoms with Gasteiger partial charge in [0.1, 0.15) is 0 Å². The molecule has 0 saturated heterocycles. The second kappa shape index (κ2) is 9.44. The van der Waals surface area contributed by atoms with Crippen LogP contribution in [0.25, 0.3) is 44.1 Å². The van der Waals surface area contributed by atoms with Crippen molar-refractivity contribution in [3.8, 4) is 11.1 Å². The van der Waals surface area contributed by atoms with Crippen LogP contribution >= 0.6 is 0 Å². The topological polar surface area (TPSA) is 38.0 Å². The molecule has 0 unspecified atom stereocenters. The zero-order valence-corrected chi connectivity index (χ0v) is 19.9. The molecular weight excluding hydrogens is 436 g/mol. The van der Waals surface area contributed by atoms with Gasteiger partial charge in [0.25, 0.3) is 0 Å². The largest absolute Gasteiger partial charge is 0.397 e. The Kier molecular flexibility index (Phi) is 5.69. The second-order valence-corrected chi connectivity index (χ2v) is 8.95. The molecule has 0 fully saturated rings. The van der Waals surface area contributed by atoms with Crippen LogP contribution in [0, 0.1) is 0 Å². The van der Waals surface area contributed by atoms with Crippen LogP contribution in [0.5, 0.6) is 0 Å². The average molecular weight is 463 g/mol. The zero-order chi connectivity index (χ0) is 24.3. The Bertz CT molecular complexity index is 1690. The van der Waals surface area contributed by atoms with E-state index < -0.39 is 0 Å². The number of nitrogens with one attached hydrogen (secondary N) is 1. The van der Waals surface area contributed by atoms with Gasteiger partial charge in [0, 0.05) is 11.3 Å². The molecule has 0 radical (unpaired) electrons. The molecule has 0 heterocycles. The Balaban J connectivity index is 1.44. The van der Waals surface area contributed by atoms with Crippen molar-refractivity contribution in [2.45, 2.75) is 0 Å². The monoisotopic (exact) mass is 462 g/mol. The van der Waals surface area contributed by atoms with Gasteiger partial charge in [0.2, 0.25) is 0 Å². The van der Waals surface area contributed by atoms with Gasteiger partial charge in [-0.3, -0.25) is 0 Å². The van der Waals surface area contributed by atoms with E-state index in [9.17, 15) is 0 Å². The van der Waals surface area contributed by atoms with Crippen LogP contribution in [0.1, 0.15) is 11.1 Å². The van der Waals surface area contributed by atoms with Crippen LogP contribution in [0.3, 0.4) is 0 Å². The maximum absolute atomic E-state index is 6.70. The number of rotatable bonds is 5. The van der Waals surface area contributed by atoms with Crippen molar-refractivity contribution < 1.29 is 0 Å². The van der Waals surface area contributed by atoms with E-state index in [1.54, 1.807) is 0 Å². The van der Waals surface area contributed by atoms with E-state index in [-0.39, 0.29) is 0 Å². The Hall–Kier alpha value is -4.82. The van der Waals surface area contributed by atoms with Gasteiger partial charge in [-0.25, -0.2) is 0 Å². The van der Waals surface area contributed by atoms with Crippen molar-refractivity contribution in [2.24, 2.45) is 5.73 Å². The third-order valence-corrected chi connectivity index (χ3v) is 6.63. The molecule has 6 rings (SSSR count). The van der Waals surface area contributed by atoms with Crippen LogP contribution in [0.15, 0.2) is 140 Å². The molecule has 6 aromatic carbocycles. The van der Waals surface area contributed by atoms with Crippen molar-refractivity contribution in [1.82, 2.24) is 0 Å². The number of anilines is 1. The molecule has 0 atom stereocenters. The van der Waals surface area contributed by atoms with Gasteiger partial charge < -0.3 is 11.1 Å². The Morgan fingerprint density at radius 1 is 0.472 bits per heavy atom. The lowest BCUT2D eigenvalue weighted by atomic mass is 9.97. The summed E-state index contributed by atoms with van der Waals surface area (Å²) in [5.41, 5.74) is 13.8. The molecule has 0 saturated carbocycles. The predicted octanol–water partition coefficient (Wildman–Crippen LogP) is 8.56. The molecule has 0 aliphatic rings. The van der Waals surface area contributed by atoms with Crippen LogP contribution in [0.2, 0.25) is 0 Å². The molecule has 36 heavy (non-hydrogen) atoms. The maximum Gasteiger partial charge on any atom is 0.0697 e. The molecule has 0 bridgehead atoms. The Labute approximate surface area is 211 Å². The van der Waals surface area contributed by atoms with Gasteiger partial charge in [-0.15, -0.1) is 0 Å². The Morgan fingerprint density at radius 2 is 1.08 bits per heavy atom. The third kappa shape index (κ3) is 4.21. The minimum atomic E-state index is 0.716. The fourth-order valence-electron chi connectivity index (χ4n) is 4.75.